The number of carbonyl (C=O) groups is 2. The predicted molar refractivity (Wildman–Crippen MR) is 144 cm³/mol. The van der Waals surface area contributed by atoms with Crippen molar-refractivity contribution in [1.82, 2.24) is 15.2 Å². The molecule has 6 nitrogen and oxygen atoms in total. The average Bonchev–Trinajstić information content (AvgIpc) is 3.47. The van der Waals surface area contributed by atoms with Gasteiger partial charge < -0.3 is 10.1 Å². The van der Waals surface area contributed by atoms with E-state index >= 15 is 0 Å². The highest BCUT2D eigenvalue weighted by atomic mass is 16.5. The molecule has 1 aromatic heterocycles. The Balaban J connectivity index is 1.02. The minimum Gasteiger partial charge on any atom is -0.465 e. The van der Waals surface area contributed by atoms with Crippen molar-refractivity contribution in [2.24, 2.45) is 5.92 Å². The Hall–Kier alpha value is -3.25. The van der Waals surface area contributed by atoms with Crippen LogP contribution in [-0.4, -0.2) is 41.5 Å². The van der Waals surface area contributed by atoms with Gasteiger partial charge in [-0.1, -0.05) is 18.2 Å². The summed E-state index contributed by atoms with van der Waals surface area (Å²) in [6.07, 6.45) is 7.96. The molecule has 37 heavy (non-hydrogen) atoms. The molecule has 0 unspecified atom stereocenters. The van der Waals surface area contributed by atoms with Crippen LogP contribution < -0.4 is 5.32 Å². The summed E-state index contributed by atoms with van der Waals surface area (Å²) >= 11 is 0. The molecule has 2 aromatic carbocycles. The van der Waals surface area contributed by atoms with Crippen LogP contribution in [-0.2, 0) is 4.74 Å². The summed E-state index contributed by atoms with van der Waals surface area (Å²) in [4.78, 5) is 32.3. The highest BCUT2D eigenvalue weighted by Gasteiger charge is 2.43. The van der Waals surface area contributed by atoms with Gasteiger partial charge in [-0.05, 0) is 106 Å². The lowest BCUT2D eigenvalue weighted by molar-refractivity contribution is 0.0600. The first-order valence-electron chi connectivity index (χ1n) is 13.7. The van der Waals surface area contributed by atoms with Crippen LogP contribution in [0, 0.1) is 12.8 Å². The molecule has 1 amide bonds. The minimum absolute atomic E-state index is 0.0115. The molecule has 2 atom stereocenters. The lowest BCUT2D eigenvalue weighted by Crippen LogP contribution is -2.38. The number of ether oxygens (including phenoxy) is 1. The molecule has 0 radical (unpaired) electrons. The zero-order valence-electron chi connectivity index (χ0n) is 21.7. The van der Waals surface area contributed by atoms with Crippen LogP contribution in [0.1, 0.15) is 94.6 Å². The number of fused-ring (bicyclic) bond motifs is 6. The van der Waals surface area contributed by atoms with Crippen molar-refractivity contribution >= 4 is 22.8 Å². The summed E-state index contributed by atoms with van der Waals surface area (Å²) in [7, 11) is 1.44. The average molecular weight is 498 g/mol. The summed E-state index contributed by atoms with van der Waals surface area (Å²) in [6, 6.07) is 17.0. The van der Waals surface area contributed by atoms with Crippen molar-refractivity contribution in [2.45, 2.75) is 70.0 Å². The highest BCUT2D eigenvalue weighted by Crippen LogP contribution is 2.53. The topological polar surface area (TPSA) is 71.5 Å². The number of aryl methyl sites for hydroxylation is 1. The quantitative estimate of drug-likeness (QED) is 0.429. The highest BCUT2D eigenvalue weighted by molar-refractivity contribution is 6.06. The minimum atomic E-state index is -0.256. The maximum atomic E-state index is 13.1. The number of pyridine rings is 1. The van der Waals surface area contributed by atoms with Gasteiger partial charge in [-0.2, -0.15) is 0 Å². The predicted octanol–water partition coefficient (Wildman–Crippen LogP) is 5.90. The third kappa shape index (κ3) is 4.52. The molecule has 2 bridgehead atoms. The number of amides is 1. The number of hydrogen-bond donors (Lipinski definition) is 1. The third-order valence-corrected chi connectivity index (χ3v) is 8.83. The fourth-order valence-electron chi connectivity index (χ4n) is 6.90. The Labute approximate surface area is 218 Å². The van der Waals surface area contributed by atoms with Gasteiger partial charge >= 0.3 is 5.97 Å². The summed E-state index contributed by atoms with van der Waals surface area (Å²) in [5.41, 5.74) is 5.92. The normalized spacial score (nSPS) is 24.7. The van der Waals surface area contributed by atoms with E-state index in [0.717, 1.165) is 48.8 Å². The van der Waals surface area contributed by atoms with Gasteiger partial charge in [0.2, 0.25) is 0 Å². The van der Waals surface area contributed by atoms with E-state index in [4.69, 9.17) is 4.74 Å². The largest absolute Gasteiger partial charge is 0.465 e. The molecule has 1 aliphatic carbocycles. The lowest BCUT2D eigenvalue weighted by Gasteiger charge is -2.31. The molecule has 2 fully saturated rings. The molecule has 3 aromatic rings. The third-order valence-electron chi connectivity index (χ3n) is 8.83. The molecule has 6 heteroatoms. The molecule has 3 heterocycles. The van der Waals surface area contributed by atoms with Crippen molar-refractivity contribution < 1.29 is 14.3 Å². The maximum absolute atomic E-state index is 13.1. The molecule has 0 spiro atoms. The van der Waals surface area contributed by atoms with E-state index in [2.05, 4.69) is 27.3 Å². The Morgan fingerprint density at radius 1 is 0.973 bits per heavy atom. The second-order valence-corrected chi connectivity index (χ2v) is 11.0. The number of nitrogens with zero attached hydrogens (tertiary/aromatic N) is 2. The van der Waals surface area contributed by atoms with E-state index in [1.165, 1.54) is 37.5 Å². The van der Waals surface area contributed by atoms with Gasteiger partial charge in [0.05, 0.1) is 18.2 Å². The molecular weight excluding hydrogens is 462 g/mol. The molecule has 2 aliphatic heterocycles. The van der Waals surface area contributed by atoms with Gasteiger partial charge in [0.25, 0.3) is 5.91 Å². The van der Waals surface area contributed by atoms with Crippen LogP contribution in [0.2, 0.25) is 0 Å². The van der Waals surface area contributed by atoms with Crippen LogP contribution >= 0.6 is 0 Å². The number of hydrogen-bond acceptors (Lipinski definition) is 5. The van der Waals surface area contributed by atoms with E-state index in [-0.39, 0.29) is 17.9 Å². The van der Waals surface area contributed by atoms with Gasteiger partial charge in [-0.3, -0.25) is 14.7 Å². The second kappa shape index (κ2) is 9.90. The van der Waals surface area contributed by atoms with Crippen molar-refractivity contribution in [3.8, 4) is 0 Å². The second-order valence-electron chi connectivity index (χ2n) is 11.0. The SMILES string of the molecule is COC(=O)c1ccc2c(c1)[C@H]1CC[C@@H]2N1CC[C@H]1CC[C@H](NC(=O)c2cccc3nc(C)ccc23)CC1. The first-order valence-corrected chi connectivity index (χ1v) is 13.7. The van der Waals surface area contributed by atoms with E-state index in [9.17, 15) is 9.59 Å². The summed E-state index contributed by atoms with van der Waals surface area (Å²) in [5.74, 6) is 0.456. The fourth-order valence-corrected chi connectivity index (χ4v) is 6.90. The van der Waals surface area contributed by atoms with E-state index in [0.29, 0.717) is 29.1 Å². The number of benzene rings is 2. The van der Waals surface area contributed by atoms with Gasteiger partial charge in [0.15, 0.2) is 0 Å². The molecular formula is C31H35N3O3. The Bertz CT molecular complexity index is 1340. The Kier molecular flexibility index (Phi) is 6.45. The molecule has 3 aliphatic rings. The first kappa shape index (κ1) is 24.1. The standard InChI is InChI=1S/C31H35N3O3/c1-19-6-12-23-25(4-3-5-27(23)32-19)30(35)33-22-10-7-20(8-11-22)16-17-34-28-14-15-29(34)26-18-21(31(36)37-2)9-13-24(26)28/h3-6,9,12-13,18,20,22,28-29H,7-8,10-11,14-17H2,1-2H3,(H,33,35)/t20-,22-,28-,29+/m0/s1. The molecule has 1 N–H and O–H groups in total. The number of nitrogens with one attached hydrogen (secondary N) is 1. The van der Waals surface area contributed by atoms with E-state index in [1.54, 1.807) is 0 Å². The maximum Gasteiger partial charge on any atom is 0.337 e. The van der Waals surface area contributed by atoms with Crippen LogP contribution in [0.3, 0.4) is 0 Å². The van der Waals surface area contributed by atoms with Crippen molar-refractivity contribution in [2.75, 3.05) is 13.7 Å². The van der Waals surface area contributed by atoms with Crippen LogP contribution in [0.25, 0.3) is 10.9 Å². The van der Waals surface area contributed by atoms with E-state index in [1.807, 2.05) is 43.3 Å². The molecule has 6 rings (SSSR count). The molecule has 1 saturated heterocycles. The van der Waals surface area contributed by atoms with Gasteiger partial charge in [0, 0.05) is 34.8 Å². The van der Waals surface area contributed by atoms with E-state index < -0.39 is 0 Å². The molecule has 1 saturated carbocycles. The van der Waals surface area contributed by atoms with Crippen molar-refractivity contribution in [1.29, 1.82) is 0 Å². The van der Waals surface area contributed by atoms with Crippen molar-refractivity contribution in [3.63, 3.8) is 0 Å². The van der Waals surface area contributed by atoms with Gasteiger partial charge in [-0.15, -0.1) is 0 Å². The summed E-state index contributed by atoms with van der Waals surface area (Å²) in [5, 5.41) is 4.22. The Morgan fingerprint density at radius 2 is 1.76 bits per heavy atom. The van der Waals surface area contributed by atoms with Crippen LogP contribution in [0.4, 0.5) is 0 Å². The fraction of sp³-hybridized carbons (Fsp3) is 0.452. The van der Waals surface area contributed by atoms with Crippen LogP contribution in [0.15, 0.2) is 48.5 Å². The number of methoxy groups -OCH3 is 1. The zero-order valence-corrected chi connectivity index (χ0v) is 21.7. The monoisotopic (exact) mass is 497 g/mol. The number of carbonyl (C=O) groups excluding carboxylic acids is 2. The zero-order chi connectivity index (χ0) is 25.5. The Morgan fingerprint density at radius 3 is 2.54 bits per heavy atom. The van der Waals surface area contributed by atoms with Gasteiger partial charge in [-0.25, -0.2) is 4.79 Å². The number of aromatic nitrogens is 1. The van der Waals surface area contributed by atoms with Crippen molar-refractivity contribution in [3.05, 3.63) is 76.5 Å². The van der Waals surface area contributed by atoms with Crippen LogP contribution in [0.5, 0.6) is 0 Å². The smallest absolute Gasteiger partial charge is 0.337 e. The first-order chi connectivity index (χ1) is 18.0. The summed E-state index contributed by atoms with van der Waals surface area (Å²) in [6.45, 7) is 3.07. The molecule has 192 valence electrons. The number of esters is 1. The van der Waals surface area contributed by atoms with Gasteiger partial charge in [0.1, 0.15) is 0 Å². The summed E-state index contributed by atoms with van der Waals surface area (Å²) < 4.78 is 4.93. The number of rotatable bonds is 6. The lowest BCUT2D eigenvalue weighted by atomic mass is 9.84.